The summed E-state index contributed by atoms with van der Waals surface area (Å²) in [6, 6.07) is 9.78. The monoisotopic (exact) mass is 410 g/mol. The summed E-state index contributed by atoms with van der Waals surface area (Å²) in [6.45, 7) is 5.87. The van der Waals surface area contributed by atoms with Crippen LogP contribution in [0.15, 0.2) is 30.3 Å². The zero-order valence-electron chi connectivity index (χ0n) is 17.8. The highest BCUT2D eigenvalue weighted by Crippen LogP contribution is 2.28. The maximum absolute atomic E-state index is 11.6. The molecule has 1 aromatic heterocycles. The van der Waals surface area contributed by atoms with Gasteiger partial charge in [0, 0.05) is 45.3 Å². The molecule has 8 heteroatoms. The first-order valence-corrected chi connectivity index (χ1v) is 10.5. The number of esters is 1. The topological polar surface area (TPSA) is 87.8 Å². The second kappa shape index (κ2) is 8.87. The number of nitrogens with zero attached hydrogens (tertiary/aromatic N) is 5. The molecule has 3 heterocycles. The molecule has 160 valence electrons. The fraction of sp³-hybridized carbons (Fsp3) is 0.500. The van der Waals surface area contributed by atoms with Crippen molar-refractivity contribution in [1.29, 1.82) is 0 Å². The minimum absolute atomic E-state index is 0.300. The highest BCUT2D eigenvalue weighted by Gasteiger charge is 2.25. The van der Waals surface area contributed by atoms with Crippen molar-refractivity contribution in [2.45, 2.75) is 12.8 Å². The van der Waals surface area contributed by atoms with E-state index in [0.29, 0.717) is 17.4 Å². The molecule has 0 amide bonds. The second-order valence-electron chi connectivity index (χ2n) is 8.23. The first-order valence-electron chi connectivity index (χ1n) is 10.5. The number of methoxy groups -OCH3 is 1. The van der Waals surface area contributed by atoms with Crippen LogP contribution >= 0.6 is 0 Å². The highest BCUT2D eigenvalue weighted by molar-refractivity contribution is 5.89. The van der Waals surface area contributed by atoms with Crippen LogP contribution in [0.2, 0.25) is 0 Å². The predicted molar refractivity (Wildman–Crippen MR) is 118 cm³/mol. The Labute approximate surface area is 177 Å². The molecule has 30 heavy (non-hydrogen) atoms. The number of rotatable bonds is 5. The number of piperazine rings is 1. The Bertz CT molecular complexity index is 880. The number of nitrogen functional groups attached to an aromatic ring is 1. The summed E-state index contributed by atoms with van der Waals surface area (Å²) in [6.07, 6.45) is 2.08. The van der Waals surface area contributed by atoms with E-state index in [4.69, 9.17) is 10.5 Å². The van der Waals surface area contributed by atoms with E-state index in [2.05, 4.69) is 37.8 Å². The summed E-state index contributed by atoms with van der Waals surface area (Å²) in [5.74, 6) is 2.42. The van der Waals surface area contributed by atoms with E-state index in [9.17, 15) is 4.79 Å². The zero-order valence-corrected chi connectivity index (χ0v) is 17.8. The van der Waals surface area contributed by atoms with E-state index in [0.717, 1.165) is 63.7 Å². The van der Waals surface area contributed by atoms with Crippen LogP contribution in [-0.2, 0) is 11.2 Å². The molecule has 0 radical (unpaired) electrons. The molecule has 1 atom stereocenters. The molecule has 2 N–H and O–H groups in total. The van der Waals surface area contributed by atoms with Crippen LogP contribution in [0.4, 0.5) is 17.6 Å². The number of nitrogens with two attached hydrogens (primary N) is 1. The number of ether oxygens (including phenoxy) is 1. The van der Waals surface area contributed by atoms with Gasteiger partial charge >= 0.3 is 5.97 Å². The van der Waals surface area contributed by atoms with Crippen molar-refractivity contribution >= 4 is 23.6 Å². The number of benzene rings is 1. The van der Waals surface area contributed by atoms with Gasteiger partial charge in [0.15, 0.2) is 0 Å². The van der Waals surface area contributed by atoms with E-state index in [1.807, 2.05) is 24.3 Å². The molecular formula is C22H30N6O2. The SMILES string of the molecule is COC(=O)c1ccc(CC2CCN(c3cc(N4CCN(C)CC4)nc(N)n3)C2)cc1. The molecule has 1 unspecified atom stereocenters. The van der Waals surface area contributed by atoms with E-state index in [-0.39, 0.29) is 5.97 Å². The third-order valence-electron chi connectivity index (χ3n) is 6.05. The minimum atomic E-state index is -0.300. The largest absolute Gasteiger partial charge is 0.465 e. The lowest BCUT2D eigenvalue weighted by molar-refractivity contribution is 0.0600. The summed E-state index contributed by atoms with van der Waals surface area (Å²) in [7, 11) is 3.54. The third-order valence-corrected chi connectivity index (χ3v) is 6.05. The van der Waals surface area contributed by atoms with Gasteiger partial charge in [-0.3, -0.25) is 0 Å². The summed E-state index contributed by atoms with van der Waals surface area (Å²) in [5, 5.41) is 0. The molecule has 2 aliphatic rings. The Morgan fingerprint density at radius 2 is 1.73 bits per heavy atom. The summed E-state index contributed by atoms with van der Waals surface area (Å²) in [5.41, 5.74) is 7.86. The van der Waals surface area contributed by atoms with Crippen LogP contribution in [-0.4, -0.2) is 74.3 Å². The minimum Gasteiger partial charge on any atom is -0.465 e. The molecule has 0 saturated carbocycles. The fourth-order valence-corrected chi connectivity index (χ4v) is 4.23. The summed E-state index contributed by atoms with van der Waals surface area (Å²) in [4.78, 5) is 27.5. The number of aromatic nitrogens is 2. The van der Waals surface area contributed by atoms with Crippen molar-refractivity contribution in [3.8, 4) is 0 Å². The van der Waals surface area contributed by atoms with Crippen LogP contribution in [0.3, 0.4) is 0 Å². The van der Waals surface area contributed by atoms with Gasteiger partial charge < -0.3 is 25.2 Å². The van der Waals surface area contributed by atoms with Gasteiger partial charge in [0.2, 0.25) is 5.95 Å². The van der Waals surface area contributed by atoms with Gasteiger partial charge in [0.05, 0.1) is 12.7 Å². The molecule has 4 rings (SSSR count). The van der Waals surface area contributed by atoms with Gasteiger partial charge in [-0.2, -0.15) is 9.97 Å². The van der Waals surface area contributed by atoms with E-state index in [1.54, 1.807) is 0 Å². The maximum atomic E-state index is 11.6. The Balaban J connectivity index is 1.40. The summed E-state index contributed by atoms with van der Waals surface area (Å²) >= 11 is 0. The first-order chi connectivity index (χ1) is 14.5. The lowest BCUT2D eigenvalue weighted by Crippen LogP contribution is -2.45. The average Bonchev–Trinajstić information content (AvgIpc) is 3.22. The smallest absolute Gasteiger partial charge is 0.337 e. The first kappa shape index (κ1) is 20.4. The zero-order chi connectivity index (χ0) is 21.1. The number of carbonyl (C=O) groups excluding carboxylic acids is 1. The average molecular weight is 411 g/mol. The summed E-state index contributed by atoms with van der Waals surface area (Å²) < 4.78 is 4.77. The number of carbonyl (C=O) groups is 1. The van der Waals surface area contributed by atoms with E-state index < -0.39 is 0 Å². The van der Waals surface area contributed by atoms with E-state index in [1.165, 1.54) is 12.7 Å². The lowest BCUT2D eigenvalue weighted by Gasteiger charge is -2.33. The van der Waals surface area contributed by atoms with Crippen molar-refractivity contribution in [3.05, 3.63) is 41.5 Å². The van der Waals surface area contributed by atoms with Gasteiger partial charge in [-0.15, -0.1) is 0 Å². The quantitative estimate of drug-likeness (QED) is 0.745. The fourth-order valence-electron chi connectivity index (χ4n) is 4.23. The standard InChI is InChI=1S/C22H30N6O2/c1-26-9-11-27(12-10-26)19-14-20(25-22(23)24-19)28-8-7-17(15-28)13-16-3-5-18(6-4-16)21(29)30-2/h3-6,14,17H,7-13,15H2,1-2H3,(H2,23,24,25). The Hall–Kier alpha value is -2.87. The normalized spacial score (nSPS) is 19.9. The van der Waals surface area contributed by atoms with Crippen molar-refractivity contribution in [1.82, 2.24) is 14.9 Å². The molecule has 0 aliphatic carbocycles. The van der Waals surface area contributed by atoms with Crippen LogP contribution in [0.1, 0.15) is 22.3 Å². The Morgan fingerprint density at radius 3 is 2.40 bits per heavy atom. The Morgan fingerprint density at radius 1 is 1.07 bits per heavy atom. The molecule has 2 fully saturated rings. The molecule has 2 saturated heterocycles. The molecular weight excluding hydrogens is 380 g/mol. The molecule has 0 bridgehead atoms. The van der Waals surface area contributed by atoms with Gasteiger partial charge in [-0.05, 0) is 43.5 Å². The number of hydrogen-bond donors (Lipinski definition) is 1. The molecule has 2 aliphatic heterocycles. The highest BCUT2D eigenvalue weighted by atomic mass is 16.5. The van der Waals surface area contributed by atoms with Gasteiger partial charge in [0.25, 0.3) is 0 Å². The van der Waals surface area contributed by atoms with E-state index >= 15 is 0 Å². The number of anilines is 3. The molecule has 2 aromatic rings. The second-order valence-corrected chi connectivity index (χ2v) is 8.23. The molecule has 1 aromatic carbocycles. The van der Waals surface area contributed by atoms with Crippen LogP contribution in [0, 0.1) is 5.92 Å². The third kappa shape index (κ3) is 4.64. The van der Waals surface area contributed by atoms with Crippen molar-refractivity contribution in [2.75, 3.05) is 69.0 Å². The molecule has 8 nitrogen and oxygen atoms in total. The van der Waals surface area contributed by atoms with Gasteiger partial charge in [-0.25, -0.2) is 4.79 Å². The van der Waals surface area contributed by atoms with Crippen LogP contribution in [0.25, 0.3) is 0 Å². The number of hydrogen-bond acceptors (Lipinski definition) is 8. The van der Waals surface area contributed by atoms with Crippen molar-refractivity contribution in [3.63, 3.8) is 0 Å². The molecule has 0 spiro atoms. The predicted octanol–water partition coefficient (Wildman–Crippen LogP) is 1.67. The van der Waals surface area contributed by atoms with Gasteiger partial charge in [0.1, 0.15) is 11.6 Å². The van der Waals surface area contributed by atoms with Crippen LogP contribution < -0.4 is 15.5 Å². The van der Waals surface area contributed by atoms with Crippen molar-refractivity contribution in [2.24, 2.45) is 5.92 Å². The van der Waals surface area contributed by atoms with Crippen molar-refractivity contribution < 1.29 is 9.53 Å². The lowest BCUT2D eigenvalue weighted by atomic mass is 9.98. The maximum Gasteiger partial charge on any atom is 0.337 e. The van der Waals surface area contributed by atoms with Crippen LogP contribution in [0.5, 0.6) is 0 Å². The number of likely N-dealkylation sites (N-methyl/N-ethyl adjacent to an activating group) is 1. The van der Waals surface area contributed by atoms with Gasteiger partial charge in [-0.1, -0.05) is 12.1 Å². The Kier molecular flexibility index (Phi) is 6.03.